The summed E-state index contributed by atoms with van der Waals surface area (Å²) >= 11 is 1.58. The lowest BCUT2D eigenvalue weighted by Crippen LogP contribution is -2.00. The summed E-state index contributed by atoms with van der Waals surface area (Å²) in [6, 6.07) is 12.6. The average Bonchev–Trinajstić information content (AvgIpc) is 2.90. The molecule has 0 aliphatic heterocycles. The van der Waals surface area contributed by atoms with E-state index in [2.05, 4.69) is 0 Å². The molecule has 0 aliphatic carbocycles. The number of fused-ring (bicyclic) bond motifs is 1. The van der Waals surface area contributed by atoms with Crippen LogP contribution in [0.5, 0.6) is 5.75 Å². The van der Waals surface area contributed by atoms with E-state index in [0.717, 1.165) is 21.2 Å². The highest BCUT2D eigenvalue weighted by molar-refractivity contribution is 7.17. The molecule has 0 saturated heterocycles. The molecular formula is C16H12O3S. The van der Waals surface area contributed by atoms with E-state index in [1.54, 1.807) is 35.6 Å². The molecule has 1 aromatic heterocycles. The van der Waals surface area contributed by atoms with Gasteiger partial charge < -0.3 is 9.84 Å². The molecule has 3 rings (SSSR count). The number of aromatic hydroxyl groups is 1. The average molecular weight is 284 g/mol. The fourth-order valence-electron chi connectivity index (χ4n) is 2.18. The van der Waals surface area contributed by atoms with Crippen LogP contribution in [0.15, 0.2) is 47.8 Å². The zero-order valence-electron chi connectivity index (χ0n) is 10.8. The molecule has 1 heterocycles. The van der Waals surface area contributed by atoms with Crippen molar-refractivity contribution in [3.8, 4) is 16.9 Å². The number of rotatable bonds is 2. The number of carbonyl (C=O) groups excluding carboxylic acids is 1. The van der Waals surface area contributed by atoms with Crippen LogP contribution >= 0.6 is 11.3 Å². The first-order valence-corrected chi connectivity index (χ1v) is 6.96. The van der Waals surface area contributed by atoms with E-state index >= 15 is 0 Å². The van der Waals surface area contributed by atoms with Gasteiger partial charge in [-0.1, -0.05) is 18.2 Å². The van der Waals surface area contributed by atoms with Crippen LogP contribution in [-0.2, 0) is 4.74 Å². The van der Waals surface area contributed by atoms with Gasteiger partial charge in [0.25, 0.3) is 0 Å². The molecule has 0 spiro atoms. The van der Waals surface area contributed by atoms with E-state index in [-0.39, 0.29) is 11.7 Å². The number of methoxy groups -OCH3 is 1. The summed E-state index contributed by atoms with van der Waals surface area (Å²) in [5.41, 5.74) is 2.20. The second-order valence-corrected chi connectivity index (χ2v) is 5.28. The second-order valence-electron chi connectivity index (χ2n) is 4.37. The van der Waals surface area contributed by atoms with Crippen LogP contribution in [0.3, 0.4) is 0 Å². The zero-order valence-corrected chi connectivity index (χ0v) is 11.6. The molecule has 0 saturated carbocycles. The second kappa shape index (κ2) is 4.98. The first-order chi connectivity index (χ1) is 9.70. The standard InChI is InChI=1S/C16H12O3S/c1-19-16(18)10-6-7-15-12(8-10)13(9-20-15)11-4-2-3-5-14(11)17/h2-9,17H,1H3. The van der Waals surface area contributed by atoms with Crippen LogP contribution in [0.2, 0.25) is 0 Å². The summed E-state index contributed by atoms with van der Waals surface area (Å²) in [6.45, 7) is 0. The highest BCUT2D eigenvalue weighted by Crippen LogP contribution is 2.38. The lowest BCUT2D eigenvalue weighted by atomic mass is 10.0. The largest absolute Gasteiger partial charge is 0.507 e. The van der Waals surface area contributed by atoms with E-state index < -0.39 is 0 Å². The highest BCUT2D eigenvalue weighted by atomic mass is 32.1. The maximum atomic E-state index is 11.6. The van der Waals surface area contributed by atoms with Gasteiger partial charge in [0, 0.05) is 21.2 Å². The molecular weight excluding hydrogens is 272 g/mol. The zero-order chi connectivity index (χ0) is 14.1. The Labute approximate surface area is 120 Å². The van der Waals surface area contributed by atoms with E-state index in [0.29, 0.717) is 5.56 Å². The quantitative estimate of drug-likeness (QED) is 0.722. The number of para-hydroxylation sites is 1. The van der Waals surface area contributed by atoms with Crippen molar-refractivity contribution in [1.29, 1.82) is 0 Å². The molecule has 0 aliphatic rings. The summed E-state index contributed by atoms with van der Waals surface area (Å²) in [5, 5.41) is 12.9. The Bertz CT molecular complexity index is 789. The Morgan fingerprint density at radius 2 is 1.95 bits per heavy atom. The molecule has 0 fully saturated rings. The Balaban J connectivity index is 2.22. The molecule has 0 atom stereocenters. The van der Waals surface area contributed by atoms with Crippen LogP contribution in [0.1, 0.15) is 10.4 Å². The lowest BCUT2D eigenvalue weighted by molar-refractivity contribution is 0.0601. The van der Waals surface area contributed by atoms with Crippen molar-refractivity contribution in [3.63, 3.8) is 0 Å². The van der Waals surface area contributed by atoms with Crippen molar-refractivity contribution in [1.82, 2.24) is 0 Å². The summed E-state index contributed by atoms with van der Waals surface area (Å²) < 4.78 is 5.81. The van der Waals surface area contributed by atoms with E-state index in [1.807, 2.05) is 23.6 Å². The summed E-state index contributed by atoms with van der Waals surface area (Å²) in [5.74, 6) is -0.128. The van der Waals surface area contributed by atoms with Gasteiger partial charge >= 0.3 is 5.97 Å². The van der Waals surface area contributed by atoms with Crippen molar-refractivity contribution < 1.29 is 14.6 Å². The van der Waals surface area contributed by atoms with Crippen molar-refractivity contribution in [3.05, 3.63) is 53.4 Å². The third kappa shape index (κ3) is 2.04. The number of phenolic OH excluding ortho intramolecular Hbond substituents is 1. The summed E-state index contributed by atoms with van der Waals surface area (Å²) in [4.78, 5) is 11.6. The Hall–Kier alpha value is -2.33. The first-order valence-electron chi connectivity index (χ1n) is 6.08. The highest BCUT2D eigenvalue weighted by Gasteiger charge is 2.13. The number of esters is 1. The molecule has 4 heteroatoms. The van der Waals surface area contributed by atoms with Gasteiger partial charge in [-0.15, -0.1) is 11.3 Å². The number of phenols is 1. The fraction of sp³-hybridized carbons (Fsp3) is 0.0625. The molecule has 20 heavy (non-hydrogen) atoms. The maximum Gasteiger partial charge on any atom is 0.337 e. The van der Waals surface area contributed by atoms with Gasteiger partial charge in [0.2, 0.25) is 0 Å². The number of ether oxygens (including phenoxy) is 1. The maximum absolute atomic E-state index is 11.6. The number of benzene rings is 2. The molecule has 1 N–H and O–H groups in total. The van der Waals surface area contributed by atoms with Crippen LogP contribution in [0, 0.1) is 0 Å². The van der Waals surface area contributed by atoms with Gasteiger partial charge in [0.1, 0.15) is 5.75 Å². The Kier molecular flexibility index (Phi) is 3.16. The topological polar surface area (TPSA) is 46.5 Å². The van der Waals surface area contributed by atoms with Gasteiger partial charge in [-0.05, 0) is 29.6 Å². The van der Waals surface area contributed by atoms with Crippen LogP contribution < -0.4 is 0 Å². The van der Waals surface area contributed by atoms with E-state index in [9.17, 15) is 9.90 Å². The molecule has 3 aromatic rings. The fourth-order valence-corrected chi connectivity index (χ4v) is 3.13. The van der Waals surface area contributed by atoms with Crippen molar-refractivity contribution in [2.75, 3.05) is 7.11 Å². The van der Waals surface area contributed by atoms with Gasteiger partial charge in [0.05, 0.1) is 12.7 Å². The molecule has 2 aromatic carbocycles. The first kappa shape index (κ1) is 12.7. The molecule has 0 bridgehead atoms. The minimum absolute atomic E-state index is 0.232. The van der Waals surface area contributed by atoms with Crippen LogP contribution in [0.4, 0.5) is 0 Å². The molecule has 0 unspecified atom stereocenters. The number of carbonyl (C=O) groups is 1. The van der Waals surface area contributed by atoms with E-state index in [4.69, 9.17) is 4.74 Å². The van der Waals surface area contributed by atoms with Crippen LogP contribution in [0.25, 0.3) is 21.2 Å². The van der Waals surface area contributed by atoms with Gasteiger partial charge in [-0.3, -0.25) is 0 Å². The van der Waals surface area contributed by atoms with Crippen LogP contribution in [-0.4, -0.2) is 18.2 Å². The third-order valence-electron chi connectivity index (χ3n) is 3.19. The van der Waals surface area contributed by atoms with Gasteiger partial charge in [0.15, 0.2) is 0 Å². The van der Waals surface area contributed by atoms with Crippen molar-refractivity contribution in [2.45, 2.75) is 0 Å². The smallest absolute Gasteiger partial charge is 0.337 e. The Morgan fingerprint density at radius 1 is 1.15 bits per heavy atom. The molecule has 0 radical (unpaired) electrons. The summed E-state index contributed by atoms with van der Waals surface area (Å²) in [6.07, 6.45) is 0. The van der Waals surface area contributed by atoms with Gasteiger partial charge in [-0.25, -0.2) is 4.79 Å². The SMILES string of the molecule is COC(=O)c1ccc2scc(-c3ccccc3O)c2c1. The van der Waals surface area contributed by atoms with Crippen molar-refractivity contribution >= 4 is 27.4 Å². The molecule has 100 valence electrons. The predicted molar refractivity (Wildman–Crippen MR) is 80.3 cm³/mol. The minimum Gasteiger partial charge on any atom is -0.507 e. The Morgan fingerprint density at radius 3 is 2.70 bits per heavy atom. The van der Waals surface area contributed by atoms with E-state index in [1.165, 1.54) is 7.11 Å². The third-order valence-corrected chi connectivity index (χ3v) is 4.15. The molecule has 3 nitrogen and oxygen atoms in total. The van der Waals surface area contributed by atoms with Crippen molar-refractivity contribution in [2.24, 2.45) is 0 Å². The number of hydrogen-bond donors (Lipinski definition) is 1. The lowest BCUT2D eigenvalue weighted by Gasteiger charge is -2.04. The van der Waals surface area contributed by atoms with Gasteiger partial charge in [-0.2, -0.15) is 0 Å². The predicted octanol–water partition coefficient (Wildman–Crippen LogP) is 4.06. The molecule has 0 amide bonds. The monoisotopic (exact) mass is 284 g/mol. The number of hydrogen-bond acceptors (Lipinski definition) is 4. The summed E-state index contributed by atoms with van der Waals surface area (Å²) in [7, 11) is 1.37. The number of thiophene rings is 1. The normalized spacial score (nSPS) is 10.7. The minimum atomic E-state index is -0.360.